The lowest BCUT2D eigenvalue weighted by Gasteiger charge is -2.23. The van der Waals surface area contributed by atoms with Gasteiger partial charge in [0.05, 0.1) is 17.8 Å². The van der Waals surface area contributed by atoms with E-state index in [0.29, 0.717) is 18.0 Å². The van der Waals surface area contributed by atoms with Crippen molar-refractivity contribution in [3.8, 4) is 0 Å². The molecule has 1 N–H and O–H groups in total. The topological polar surface area (TPSA) is 45.2 Å². The molecule has 0 aliphatic heterocycles. The minimum absolute atomic E-state index is 0.0641. The van der Waals surface area contributed by atoms with Gasteiger partial charge < -0.3 is 10.2 Å². The van der Waals surface area contributed by atoms with Crippen molar-refractivity contribution in [2.75, 3.05) is 16.8 Å². The average Bonchev–Trinajstić information content (AvgIpc) is 2.71. The van der Waals surface area contributed by atoms with Gasteiger partial charge in [0.15, 0.2) is 0 Å². The summed E-state index contributed by atoms with van der Waals surface area (Å²) in [5.74, 6) is 0.453. The van der Waals surface area contributed by atoms with Gasteiger partial charge in [0.1, 0.15) is 0 Å². The molecule has 0 bridgehead atoms. The van der Waals surface area contributed by atoms with Gasteiger partial charge >= 0.3 is 0 Å². The van der Waals surface area contributed by atoms with Gasteiger partial charge in [-0.25, -0.2) is 0 Å². The van der Waals surface area contributed by atoms with E-state index in [1.165, 1.54) is 0 Å². The molecule has 0 saturated carbocycles. The molecule has 3 aromatic rings. The maximum Gasteiger partial charge on any atom is 0.260 e. The fourth-order valence-corrected chi connectivity index (χ4v) is 2.79. The molecule has 4 heteroatoms. The summed E-state index contributed by atoms with van der Waals surface area (Å²) in [6.45, 7) is 5.64. The lowest BCUT2D eigenvalue weighted by molar-refractivity contribution is 0.0985. The van der Waals surface area contributed by atoms with Crippen molar-refractivity contribution in [2.24, 2.45) is 5.92 Å². The Labute approximate surface area is 160 Å². The quantitative estimate of drug-likeness (QED) is 0.646. The van der Waals surface area contributed by atoms with Gasteiger partial charge in [-0.3, -0.25) is 9.78 Å². The van der Waals surface area contributed by atoms with Crippen LogP contribution in [0.15, 0.2) is 79.1 Å². The molecule has 1 heterocycles. The third-order valence-electron chi connectivity index (χ3n) is 4.20. The molecule has 4 nitrogen and oxygen atoms in total. The number of nitrogens with one attached hydrogen (secondary N) is 1. The predicted molar refractivity (Wildman–Crippen MR) is 111 cm³/mol. The Kier molecular flexibility index (Phi) is 6.21. The molecule has 0 unspecified atom stereocenters. The van der Waals surface area contributed by atoms with Crippen LogP contribution in [0.4, 0.5) is 11.4 Å². The fourth-order valence-electron chi connectivity index (χ4n) is 2.79. The first-order valence-corrected chi connectivity index (χ1v) is 9.23. The van der Waals surface area contributed by atoms with Crippen molar-refractivity contribution in [3.05, 3.63) is 90.3 Å². The Morgan fingerprint density at radius 3 is 2.33 bits per heavy atom. The summed E-state index contributed by atoms with van der Waals surface area (Å²) in [5, 5.41) is 3.33. The van der Waals surface area contributed by atoms with E-state index in [9.17, 15) is 4.79 Å². The fraction of sp³-hybridized carbons (Fsp3) is 0.217. The molecule has 1 amide bonds. The molecule has 2 aromatic carbocycles. The van der Waals surface area contributed by atoms with Crippen molar-refractivity contribution in [1.82, 2.24) is 4.98 Å². The molecule has 0 spiro atoms. The SMILES string of the molecule is CC(C)CNc1cncc(C(=O)N(Cc2ccccc2)c2ccccc2)c1. The van der Waals surface area contributed by atoms with Crippen LogP contribution in [0, 0.1) is 5.92 Å². The van der Waals surface area contributed by atoms with Crippen LogP contribution in [0.2, 0.25) is 0 Å². The van der Waals surface area contributed by atoms with Crippen LogP contribution in [0.1, 0.15) is 29.8 Å². The van der Waals surface area contributed by atoms with Crippen molar-refractivity contribution >= 4 is 17.3 Å². The highest BCUT2D eigenvalue weighted by atomic mass is 16.2. The number of aromatic nitrogens is 1. The van der Waals surface area contributed by atoms with Crippen LogP contribution >= 0.6 is 0 Å². The van der Waals surface area contributed by atoms with Gasteiger partial charge in [0, 0.05) is 24.6 Å². The largest absolute Gasteiger partial charge is 0.384 e. The van der Waals surface area contributed by atoms with Crippen molar-refractivity contribution in [3.63, 3.8) is 0 Å². The number of rotatable bonds is 7. The lowest BCUT2D eigenvalue weighted by atomic mass is 10.1. The number of benzene rings is 2. The standard InChI is InChI=1S/C23H25N3O/c1-18(2)14-25-21-13-20(15-24-16-21)23(27)26(22-11-7-4-8-12-22)17-19-9-5-3-6-10-19/h3-13,15-16,18,25H,14,17H2,1-2H3. The Morgan fingerprint density at radius 1 is 1.00 bits per heavy atom. The van der Waals surface area contributed by atoms with E-state index in [1.54, 1.807) is 17.3 Å². The number of carbonyl (C=O) groups is 1. The maximum absolute atomic E-state index is 13.3. The second-order valence-electron chi connectivity index (χ2n) is 6.95. The first-order chi connectivity index (χ1) is 13.1. The Hall–Kier alpha value is -3.14. The summed E-state index contributed by atoms with van der Waals surface area (Å²) >= 11 is 0. The smallest absolute Gasteiger partial charge is 0.260 e. The second-order valence-corrected chi connectivity index (χ2v) is 6.95. The molecule has 0 saturated heterocycles. The van der Waals surface area contributed by atoms with Crippen molar-refractivity contribution in [2.45, 2.75) is 20.4 Å². The predicted octanol–water partition coefficient (Wildman–Crippen LogP) is 5.00. The second kappa shape index (κ2) is 8.99. The zero-order valence-electron chi connectivity index (χ0n) is 15.8. The summed E-state index contributed by atoms with van der Waals surface area (Å²) in [7, 11) is 0. The summed E-state index contributed by atoms with van der Waals surface area (Å²) < 4.78 is 0. The van der Waals surface area contributed by atoms with E-state index >= 15 is 0 Å². The number of amides is 1. The van der Waals surface area contributed by atoms with Gasteiger partial charge in [0.2, 0.25) is 0 Å². The summed E-state index contributed by atoms with van der Waals surface area (Å²) in [6.07, 6.45) is 3.38. The number of anilines is 2. The molecule has 0 aliphatic carbocycles. The number of hydrogen-bond acceptors (Lipinski definition) is 3. The van der Waals surface area contributed by atoms with Crippen LogP contribution in [0.5, 0.6) is 0 Å². The van der Waals surface area contributed by atoms with E-state index < -0.39 is 0 Å². The van der Waals surface area contributed by atoms with Crippen molar-refractivity contribution in [1.29, 1.82) is 0 Å². The molecule has 3 rings (SSSR count). The van der Waals surface area contributed by atoms with Gasteiger partial charge in [-0.05, 0) is 29.7 Å². The summed E-state index contributed by atoms with van der Waals surface area (Å²) in [4.78, 5) is 19.3. The Balaban J connectivity index is 1.88. The van der Waals surface area contributed by atoms with Crippen LogP contribution < -0.4 is 10.2 Å². The van der Waals surface area contributed by atoms with Gasteiger partial charge in [0.25, 0.3) is 5.91 Å². The van der Waals surface area contributed by atoms with Crippen LogP contribution in [0.25, 0.3) is 0 Å². The summed E-state index contributed by atoms with van der Waals surface area (Å²) in [6, 6.07) is 21.6. The number of nitrogens with zero attached hydrogens (tertiary/aromatic N) is 2. The zero-order chi connectivity index (χ0) is 19.1. The lowest BCUT2D eigenvalue weighted by Crippen LogP contribution is -2.30. The third-order valence-corrected chi connectivity index (χ3v) is 4.20. The van der Waals surface area contributed by atoms with Gasteiger partial charge in [-0.15, -0.1) is 0 Å². The maximum atomic E-state index is 13.3. The molecule has 27 heavy (non-hydrogen) atoms. The first kappa shape index (κ1) is 18.6. The van der Waals surface area contributed by atoms with Crippen LogP contribution in [0.3, 0.4) is 0 Å². The molecule has 0 atom stereocenters. The molecular weight excluding hydrogens is 334 g/mol. The van der Waals surface area contributed by atoms with E-state index in [0.717, 1.165) is 23.5 Å². The van der Waals surface area contributed by atoms with E-state index in [4.69, 9.17) is 0 Å². The number of carbonyl (C=O) groups excluding carboxylic acids is 1. The van der Waals surface area contributed by atoms with E-state index in [2.05, 4.69) is 24.1 Å². The van der Waals surface area contributed by atoms with E-state index in [1.807, 2.05) is 66.7 Å². The molecule has 1 aromatic heterocycles. The minimum Gasteiger partial charge on any atom is -0.384 e. The molecule has 0 aliphatic rings. The highest BCUT2D eigenvalue weighted by molar-refractivity contribution is 6.06. The minimum atomic E-state index is -0.0641. The molecule has 0 radical (unpaired) electrons. The number of pyridine rings is 1. The van der Waals surface area contributed by atoms with Crippen molar-refractivity contribution < 1.29 is 4.79 Å². The van der Waals surface area contributed by atoms with Gasteiger partial charge in [-0.1, -0.05) is 62.4 Å². The normalized spacial score (nSPS) is 10.6. The zero-order valence-corrected chi connectivity index (χ0v) is 15.8. The van der Waals surface area contributed by atoms with Crippen LogP contribution in [-0.4, -0.2) is 17.4 Å². The molecule has 0 fully saturated rings. The highest BCUT2D eigenvalue weighted by Gasteiger charge is 2.19. The number of para-hydroxylation sites is 1. The third kappa shape index (κ3) is 5.17. The Morgan fingerprint density at radius 2 is 1.67 bits per heavy atom. The average molecular weight is 359 g/mol. The monoisotopic (exact) mass is 359 g/mol. The molecule has 138 valence electrons. The first-order valence-electron chi connectivity index (χ1n) is 9.23. The van der Waals surface area contributed by atoms with E-state index in [-0.39, 0.29) is 5.91 Å². The summed E-state index contributed by atoms with van der Waals surface area (Å²) in [5.41, 5.74) is 3.38. The Bertz CT molecular complexity index is 863. The van der Waals surface area contributed by atoms with Gasteiger partial charge in [-0.2, -0.15) is 0 Å². The molecular formula is C23H25N3O. The highest BCUT2D eigenvalue weighted by Crippen LogP contribution is 2.21. The van der Waals surface area contributed by atoms with Crippen LogP contribution in [-0.2, 0) is 6.54 Å². The number of hydrogen-bond donors (Lipinski definition) is 1.